The SMILES string of the molecule is CCCN(CC(=O)Nc1ccon1)C(=O)c1ccc(CC)cc1. The van der Waals surface area contributed by atoms with Crippen LogP contribution in [-0.2, 0) is 11.2 Å². The van der Waals surface area contributed by atoms with E-state index in [2.05, 4.69) is 21.9 Å². The van der Waals surface area contributed by atoms with Crippen molar-refractivity contribution >= 4 is 17.6 Å². The second-order valence-electron chi connectivity index (χ2n) is 5.21. The topological polar surface area (TPSA) is 75.4 Å². The van der Waals surface area contributed by atoms with Gasteiger partial charge in [-0.1, -0.05) is 31.1 Å². The standard InChI is InChI=1S/C17H21N3O3/c1-3-10-20(12-16(21)18-15-9-11-23-19-15)17(22)14-7-5-13(4-2)6-8-14/h5-9,11H,3-4,10,12H2,1-2H3,(H,18,19,21). The van der Waals surface area contributed by atoms with Crippen LogP contribution in [0.15, 0.2) is 41.1 Å². The first-order chi connectivity index (χ1) is 11.1. The van der Waals surface area contributed by atoms with Crippen LogP contribution in [-0.4, -0.2) is 35.0 Å². The molecule has 0 saturated carbocycles. The van der Waals surface area contributed by atoms with Gasteiger partial charge in [0.1, 0.15) is 12.8 Å². The van der Waals surface area contributed by atoms with E-state index in [1.165, 1.54) is 16.7 Å². The molecule has 0 saturated heterocycles. The Balaban J connectivity index is 2.03. The highest BCUT2D eigenvalue weighted by Crippen LogP contribution is 2.09. The number of amides is 2. The number of aryl methyl sites for hydroxylation is 1. The molecule has 0 aliphatic carbocycles. The molecule has 0 unspecified atom stereocenters. The highest BCUT2D eigenvalue weighted by molar-refractivity contribution is 5.99. The second-order valence-corrected chi connectivity index (χ2v) is 5.21. The van der Waals surface area contributed by atoms with Crippen molar-refractivity contribution in [2.75, 3.05) is 18.4 Å². The highest BCUT2D eigenvalue weighted by atomic mass is 16.5. The Morgan fingerprint density at radius 1 is 1.17 bits per heavy atom. The van der Waals surface area contributed by atoms with Crippen LogP contribution in [0.2, 0.25) is 0 Å². The van der Waals surface area contributed by atoms with Crippen LogP contribution in [0.25, 0.3) is 0 Å². The largest absolute Gasteiger partial charge is 0.363 e. The quantitative estimate of drug-likeness (QED) is 0.852. The third-order valence-electron chi connectivity index (χ3n) is 3.43. The zero-order valence-electron chi connectivity index (χ0n) is 13.4. The van der Waals surface area contributed by atoms with Gasteiger partial charge in [-0.2, -0.15) is 0 Å². The highest BCUT2D eigenvalue weighted by Gasteiger charge is 2.18. The van der Waals surface area contributed by atoms with Crippen LogP contribution in [0.4, 0.5) is 5.82 Å². The molecule has 0 atom stereocenters. The van der Waals surface area contributed by atoms with Gasteiger partial charge in [-0.25, -0.2) is 0 Å². The van der Waals surface area contributed by atoms with Crippen LogP contribution in [0.1, 0.15) is 36.2 Å². The van der Waals surface area contributed by atoms with Gasteiger partial charge in [0.2, 0.25) is 5.91 Å². The van der Waals surface area contributed by atoms with E-state index in [9.17, 15) is 9.59 Å². The van der Waals surface area contributed by atoms with Crippen molar-refractivity contribution in [3.8, 4) is 0 Å². The van der Waals surface area contributed by atoms with E-state index in [-0.39, 0.29) is 18.4 Å². The van der Waals surface area contributed by atoms with E-state index in [1.807, 2.05) is 19.1 Å². The number of nitrogens with one attached hydrogen (secondary N) is 1. The summed E-state index contributed by atoms with van der Waals surface area (Å²) < 4.78 is 4.66. The van der Waals surface area contributed by atoms with Gasteiger partial charge >= 0.3 is 0 Å². The summed E-state index contributed by atoms with van der Waals surface area (Å²) in [6.45, 7) is 4.53. The number of carbonyl (C=O) groups excluding carboxylic acids is 2. The molecule has 1 aromatic heterocycles. The number of rotatable bonds is 7. The third-order valence-corrected chi connectivity index (χ3v) is 3.43. The fourth-order valence-electron chi connectivity index (χ4n) is 2.22. The maximum Gasteiger partial charge on any atom is 0.254 e. The Morgan fingerprint density at radius 2 is 1.91 bits per heavy atom. The number of benzene rings is 1. The van der Waals surface area contributed by atoms with Gasteiger partial charge in [-0.05, 0) is 30.5 Å². The lowest BCUT2D eigenvalue weighted by atomic mass is 10.1. The Kier molecular flexibility index (Phi) is 5.91. The van der Waals surface area contributed by atoms with Crippen LogP contribution >= 0.6 is 0 Å². The smallest absolute Gasteiger partial charge is 0.254 e. The van der Waals surface area contributed by atoms with Crippen molar-refractivity contribution in [1.82, 2.24) is 10.1 Å². The first-order valence-corrected chi connectivity index (χ1v) is 7.72. The predicted octanol–water partition coefficient (Wildman–Crippen LogP) is 2.73. The molecule has 23 heavy (non-hydrogen) atoms. The molecule has 0 spiro atoms. The number of anilines is 1. The molecule has 2 rings (SSSR count). The summed E-state index contributed by atoms with van der Waals surface area (Å²) in [4.78, 5) is 26.2. The van der Waals surface area contributed by atoms with Crippen molar-refractivity contribution in [1.29, 1.82) is 0 Å². The summed E-state index contributed by atoms with van der Waals surface area (Å²) in [5, 5.41) is 6.22. The first-order valence-electron chi connectivity index (χ1n) is 7.72. The van der Waals surface area contributed by atoms with E-state index >= 15 is 0 Å². The summed E-state index contributed by atoms with van der Waals surface area (Å²) in [6.07, 6.45) is 3.07. The Morgan fingerprint density at radius 3 is 2.48 bits per heavy atom. The van der Waals surface area contributed by atoms with E-state index in [1.54, 1.807) is 18.2 Å². The Hall–Kier alpha value is -2.63. The van der Waals surface area contributed by atoms with Crippen molar-refractivity contribution in [3.63, 3.8) is 0 Å². The molecule has 6 nitrogen and oxygen atoms in total. The summed E-state index contributed by atoms with van der Waals surface area (Å²) in [6, 6.07) is 9.03. The molecule has 1 aromatic carbocycles. The molecule has 0 fully saturated rings. The molecule has 0 bridgehead atoms. The van der Waals surface area contributed by atoms with Crippen LogP contribution < -0.4 is 5.32 Å². The number of nitrogens with zero attached hydrogens (tertiary/aromatic N) is 2. The van der Waals surface area contributed by atoms with E-state index in [4.69, 9.17) is 0 Å². The Bertz CT molecular complexity index is 636. The fraction of sp³-hybridized carbons (Fsp3) is 0.353. The molecule has 2 aromatic rings. The molecule has 122 valence electrons. The lowest BCUT2D eigenvalue weighted by molar-refractivity contribution is -0.116. The molecular formula is C17H21N3O3. The Labute approximate surface area is 135 Å². The summed E-state index contributed by atoms with van der Waals surface area (Å²) in [5.74, 6) is -0.109. The molecule has 0 aliphatic rings. The van der Waals surface area contributed by atoms with Gasteiger partial charge in [0.15, 0.2) is 5.82 Å². The monoisotopic (exact) mass is 315 g/mol. The minimum absolute atomic E-state index is 0.0188. The minimum Gasteiger partial charge on any atom is -0.363 e. The van der Waals surface area contributed by atoms with Gasteiger partial charge < -0.3 is 14.7 Å². The number of hydrogen-bond acceptors (Lipinski definition) is 4. The summed E-state index contributed by atoms with van der Waals surface area (Å²) in [7, 11) is 0. The number of carbonyl (C=O) groups is 2. The maximum atomic E-state index is 12.6. The first kappa shape index (κ1) is 16.7. The van der Waals surface area contributed by atoms with Crippen LogP contribution in [0.5, 0.6) is 0 Å². The average molecular weight is 315 g/mol. The third kappa shape index (κ3) is 4.67. The summed E-state index contributed by atoms with van der Waals surface area (Å²) in [5.41, 5.74) is 1.76. The van der Waals surface area contributed by atoms with Crippen molar-refractivity contribution in [3.05, 3.63) is 47.7 Å². The lowest BCUT2D eigenvalue weighted by Crippen LogP contribution is -2.38. The fourth-order valence-corrected chi connectivity index (χ4v) is 2.22. The van der Waals surface area contributed by atoms with E-state index in [0.29, 0.717) is 17.9 Å². The minimum atomic E-state index is -0.300. The molecule has 1 N–H and O–H groups in total. The zero-order valence-corrected chi connectivity index (χ0v) is 13.4. The van der Waals surface area contributed by atoms with Gasteiger partial charge in [0.25, 0.3) is 5.91 Å². The van der Waals surface area contributed by atoms with Gasteiger partial charge in [0.05, 0.1) is 0 Å². The zero-order chi connectivity index (χ0) is 16.7. The van der Waals surface area contributed by atoms with E-state index < -0.39 is 0 Å². The summed E-state index contributed by atoms with van der Waals surface area (Å²) >= 11 is 0. The molecule has 6 heteroatoms. The molecule has 2 amide bonds. The van der Waals surface area contributed by atoms with Crippen molar-refractivity contribution < 1.29 is 14.1 Å². The molecule has 1 heterocycles. The molecule has 0 aliphatic heterocycles. The van der Waals surface area contributed by atoms with Gasteiger partial charge in [-0.15, -0.1) is 0 Å². The normalized spacial score (nSPS) is 10.3. The second kappa shape index (κ2) is 8.12. The number of hydrogen-bond donors (Lipinski definition) is 1. The molecular weight excluding hydrogens is 294 g/mol. The van der Waals surface area contributed by atoms with Gasteiger partial charge in [0, 0.05) is 18.2 Å². The van der Waals surface area contributed by atoms with Crippen LogP contribution in [0.3, 0.4) is 0 Å². The molecule has 0 radical (unpaired) electrons. The number of aromatic nitrogens is 1. The lowest BCUT2D eigenvalue weighted by Gasteiger charge is -2.21. The van der Waals surface area contributed by atoms with Crippen LogP contribution in [0, 0.1) is 0 Å². The predicted molar refractivity (Wildman–Crippen MR) is 87.1 cm³/mol. The van der Waals surface area contributed by atoms with E-state index in [0.717, 1.165) is 12.8 Å². The van der Waals surface area contributed by atoms with Gasteiger partial charge in [-0.3, -0.25) is 9.59 Å². The van der Waals surface area contributed by atoms with Crippen molar-refractivity contribution in [2.45, 2.75) is 26.7 Å². The average Bonchev–Trinajstić information content (AvgIpc) is 3.06. The maximum absolute atomic E-state index is 12.6. The van der Waals surface area contributed by atoms with Crippen molar-refractivity contribution in [2.24, 2.45) is 0 Å².